The number of esters is 1. The highest BCUT2D eigenvalue weighted by Crippen LogP contribution is 2.20. The van der Waals surface area contributed by atoms with Gasteiger partial charge in [0.05, 0.1) is 18.5 Å². The van der Waals surface area contributed by atoms with Crippen LogP contribution >= 0.6 is 0 Å². The molecule has 0 saturated carbocycles. The summed E-state index contributed by atoms with van der Waals surface area (Å²) < 4.78 is 6.52. The average molecular weight is 259 g/mol. The van der Waals surface area contributed by atoms with Crippen molar-refractivity contribution in [1.29, 1.82) is 0 Å². The SMILES string of the molecule is CCOC(=O)c1cn(-c2c(C)cc(C)cc2C)nn1. The Hall–Kier alpha value is -2.17. The number of benzene rings is 1. The van der Waals surface area contributed by atoms with Gasteiger partial charge in [-0.3, -0.25) is 0 Å². The van der Waals surface area contributed by atoms with Gasteiger partial charge in [0.25, 0.3) is 0 Å². The zero-order valence-electron chi connectivity index (χ0n) is 11.6. The molecule has 0 N–H and O–H groups in total. The fourth-order valence-electron chi connectivity index (χ4n) is 2.21. The van der Waals surface area contributed by atoms with Crippen LogP contribution in [0.25, 0.3) is 5.69 Å². The predicted octanol–water partition coefficient (Wildman–Crippen LogP) is 2.37. The van der Waals surface area contributed by atoms with E-state index < -0.39 is 5.97 Å². The van der Waals surface area contributed by atoms with Crippen molar-refractivity contribution in [3.63, 3.8) is 0 Å². The molecular weight excluding hydrogens is 242 g/mol. The first-order chi connectivity index (χ1) is 9.02. The lowest BCUT2D eigenvalue weighted by Crippen LogP contribution is -2.05. The van der Waals surface area contributed by atoms with Crippen molar-refractivity contribution in [2.24, 2.45) is 0 Å². The number of ether oxygens (including phenoxy) is 1. The zero-order chi connectivity index (χ0) is 14.0. The van der Waals surface area contributed by atoms with Gasteiger partial charge >= 0.3 is 5.97 Å². The highest BCUT2D eigenvalue weighted by atomic mass is 16.5. The topological polar surface area (TPSA) is 57.0 Å². The zero-order valence-corrected chi connectivity index (χ0v) is 11.6. The summed E-state index contributed by atoms with van der Waals surface area (Å²) >= 11 is 0. The third-order valence-electron chi connectivity index (χ3n) is 2.84. The Kier molecular flexibility index (Phi) is 3.64. The minimum Gasteiger partial charge on any atom is -0.461 e. The Morgan fingerprint density at radius 1 is 1.26 bits per heavy atom. The van der Waals surface area contributed by atoms with Gasteiger partial charge in [0.15, 0.2) is 5.69 Å². The molecule has 0 unspecified atom stereocenters. The number of carbonyl (C=O) groups excluding carboxylic acids is 1. The predicted molar refractivity (Wildman–Crippen MR) is 71.5 cm³/mol. The standard InChI is InChI=1S/C14H17N3O2/c1-5-19-14(18)12-8-17(16-15-12)13-10(3)6-9(2)7-11(13)4/h6-8H,5H2,1-4H3. The average Bonchev–Trinajstić information content (AvgIpc) is 2.77. The minimum atomic E-state index is -0.448. The second kappa shape index (κ2) is 5.22. The van der Waals surface area contributed by atoms with Gasteiger partial charge in [-0.05, 0) is 38.8 Å². The Morgan fingerprint density at radius 2 is 1.89 bits per heavy atom. The molecule has 0 atom stereocenters. The molecule has 1 aromatic heterocycles. The van der Waals surface area contributed by atoms with Crippen molar-refractivity contribution in [3.8, 4) is 5.69 Å². The molecule has 19 heavy (non-hydrogen) atoms. The summed E-state index contributed by atoms with van der Waals surface area (Å²) in [5, 5.41) is 7.86. The third-order valence-corrected chi connectivity index (χ3v) is 2.84. The molecule has 0 aliphatic rings. The van der Waals surface area contributed by atoms with Gasteiger partial charge in [-0.1, -0.05) is 22.9 Å². The highest BCUT2D eigenvalue weighted by Gasteiger charge is 2.14. The Labute approximate surface area is 112 Å². The number of aromatic nitrogens is 3. The summed E-state index contributed by atoms with van der Waals surface area (Å²) in [6.07, 6.45) is 1.60. The second-order valence-electron chi connectivity index (χ2n) is 4.52. The van der Waals surface area contributed by atoms with E-state index in [2.05, 4.69) is 29.4 Å². The first-order valence-electron chi connectivity index (χ1n) is 6.20. The minimum absolute atomic E-state index is 0.223. The van der Waals surface area contributed by atoms with E-state index in [4.69, 9.17) is 4.74 Å². The summed E-state index contributed by atoms with van der Waals surface area (Å²) in [5.74, 6) is -0.448. The first kappa shape index (κ1) is 13.3. The van der Waals surface area contributed by atoms with E-state index in [9.17, 15) is 4.79 Å². The fourth-order valence-corrected chi connectivity index (χ4v) is 2.21. The van der Waals surface area contributed by atoms with Crippen LogP contribution in [0.3, 0.4) is 0 Å². The number of carbonyl (C=O) groups is 1. The molecule has 2 rings (SSSR count). The lowest BCUT2D eigenvalue weighted by atomic mass is 10.1. The maximum Gasteiger partial charge on any atom is 0.360 e. The summed E-state index contributed by atoms with van der Waals surface area (Å²) in [6.45, 7) is 8.17. The summed E-state index contributed by atoms with van der Waals surface area (Å²) in [4.78, 5) is 11.6. The largest absolute Gasteiger partial charge is 0.461 e. The number of nitrogens with zero attached hydrogens (tertiary/aromatic N) is 3. The van der Waals surface area contributed by atoms with Gasteiger partial charge < -0.3 is 4.74 Å². The van der Waals surface area contributed by atoms with E-state index in [1.165, 1.54) is 5.56 Å². The van der Waals surface area contributed by atoms with Gasteiger partial charge in [-0.2, -0.15) is 0 Å². The second-order valence-corrected chi connectivity index (χ2v) is 4.52. The molecule has 0 spiro atoms. The van der Waals surface area contributed by atoms with Gasteiger partial charge in [0, 0.05) is 0 Å². The molecule has 0 aliphatic heterocycles. The number of hydrogen-bond acceptors (Lipinski definition) is 4. The molecule has 1 aromatic carbocycles. The van der Waals surface area contributed by atoms with Gasteiger partial charge in [0.2, 0.25) is 0 Å². The molecule has 1 heterocycles. The lowest BCUT2D eigenvalue weighted by Gasteiger charge is -2.10. The molecule has 0 radical (unpaired) electrons. The summed E-state index contributed by atoms with van der Waals surface area (Å²) in [5.41, 5.74) is 4.56. The van der Waals surface area contributed by atoms with Crippen LogP contribution in [0.15, 0.2) is 18.3 Å². The van der Waals surface area contributed by atoms with E-state index in [0.717, 1.165) is 16.8 Å². The quantitative estimate of drug-likeness (QED) is 0.794. The van der Waals surface area contributed by atoms with Crippen LogP contribution in [-0.2, 0) is 4.74 Å². The third kappa shape index (κ3) is 2.65. The highest BCUT2D eigenvalue weighted by molar-refractivity contribution is 5.86. The van der Waals surface area contributed by atoms with Crippen LogP contribution in [-0.4, -0.2) is 27.6 Å². The molecular formula is C14H17N3O2. The van der Waals surface area contributed by atoms with E-state index >= 15 is 0 Å². The van der Waals surface area contributed by atoms with Crippen molar-refractivity contribution in [1.82, 2.24) is 15.0 Å². The Balaban J connectivity index is 2.41. The Bertz CT molecular complexity index is 594. The molecule has 2 aromatic rings. The van der Waals surface area contributed by atoms with Crippen LogP contribution in [0.4, 0.5) is 0 Å². The molecule has 5 heteroatoms. The van der Waals surface area contributed by atoms with Crippen molar-refractivity contribution in [2.75, 3.05) is 6.61 Å². The van der Waals surface area contributed by atoms with Gasteiger partial charge in [-0.25, -0.2) is 9.48 Å². The van der Waals surface area contributed by atoms with E-state index in [1.54, 1.807) is 17.8 Å². The maximum atomic E-state index is 11.6. The Morgan fingerprint density at radius 3 is 2.47 bits per heavy atom. The van der Waals surface area contributed by atoms with Crippen molar-refractivity contribution in [2.45, 2.75) is 27.7 Å². The molecule has 0 saturated heterocycles. The smallest absolute Gasteiger partial charge is 0.360 e. The fraction of sp³-hybridized carbons (Fsp3) is 0.357. The molecule has 5 nitrogen and oxygen atoms in total. The summed E-state index contributed by atoms with van der Waals surface area (Å²) in [6, 6.07) is 4.15. The number of rotatable bonds is 3. The van der Waals surface area contributed by atoms with Gasteiger partial charge in [0.1, 0.15) is 0 Å². The molecule has 0 bridgehead atoms. The number of aryl methyl sites for hydroxylation is 3. The monoisotopic (exact) mass is 259 g/mol. The molecule has 0 amide bonds. The normalized spacial score (nSPS) is 10.5. The van der Waals surface area contributed by atoms with Crippen LogP contribution < -0.4 is 0 Å². The van der Waals surface area contributed by atoms with E-state index in [0.29, 0.717) is 6.61 Å². The first-order valence-corrected chi connectivity index (χ1v) is 6.20. The van der Waals surface area contributed by atoms with E-state index in [1.807, 2.05) is 13.8 Å². The van der Waals surface area contributed by atoms with Crippen LogP contribution in [0, 0.1) is 20.8 Å². The number of hydrogen-bond donors (Lipinski definition) is 0. The van der Waals surface area contributed by atoms with Gasteiger partial charge in [-0.15, -0.1) is 5.10 Å². The molecule has 0 aliphatic carbocycles. The van der Waals surface area contributed by atoms with Crippen molar-refractivity contribution >= 4 is 5.97 Å². The van der Waals surface area contributed by atoms with Crippen LogP contribution in [0.5, 0.6) is 0 Å². The van der Waals surface area contributed by atoms with E-state index in [-0.39, 0.29) is 5.69 Å². The lowest BCUT2D eigenvalue weighted by molar-refractivity contribution is 0.0519. The maximum absolute atomic E-state index is 11.6. The molecule has 100 valence electrons. The van der Waals surface area contributed by atoms with Crippen LogP contribution in [0.1, 0.15) is 34.1 Å². The van der Waals surface area contributed by atoms with Crippen molar-refractivity contribution in [3.05, 3.63) is 40.7 Å². The molecule has 0 fully saturated rings. The van der Waals surface area contributed by atoms with Crippen molar-refractivity contribution < 1.29 is 9.53 Å². The summed E-state index contributed by atoms with van der Waals surface area (Å²) in [7, 11) is 0. The van der Waals surface area contributed by atoms with Crippen LogP contribution in [0.2, 0.25) is 0 Å².